The van der Waals surface area contributed by atoms with Crippen molar-refractivity contribution < 1.29 is 4.74 Å². The van der Waals surface area contributed by atoms with E-state index in [-0.39, 0.29) is 5.60 Å². The van der Waals surface area contributed by atoms with Crippen LogP contribution >= 0.6 is 11.9 Å². The summed E-state index contributed by atoms with van der Waals surface area (Å²) in [6, 6.07) is 2.24. The van der Waals surface area contributed by atoms with Crippen LogP contribution < -0.4 is 4.74 Å². The molecule has 3 aliphatic heterocycles. The lowest BCUT2D eigenvalue weighted by Gasteiger charge is -2.38. The van der Waals surface area contributed by atoms with Crippen molar-refractivity contribution in [2.45, 2.75) is 38.2 Å². The molecule has 4 rings (SSSR count). The van der Waals surface area contributed by atoms with Gasteiger partial charge in [0.15, 0.2) is 6.19 Å². The van der Waals surface area contributed by atoms with E-state index in [2.05, 4.69) is 35.8 Å². The number of piperidine rings is 1. The first-order valence-corrected chi connectivity index (χ1v) is 10.6. The predicted octanol–water partition coefficient (Wildman–Crippen LogP) is 3.34. The van der Waals surface area contributed by atoms with Crippen LogP contribution in [0.25, 0.3) is 5.57 Å². The van der Waals surface area contributed by atoms with Gasteiger partial charge in [-0.3, -0.25) is 4.98 Å². The van der Waals surface area contributed by atoms with Gasteiger partial charge in [-0.2, -0.15) is 5.26 Å². The topological polar surface area (TPSA) is 52.4 Å². The molecule has 0 N–H and O–H groups in total. The fourth-order valence-electron chi connectivity index (χ4n) is 4.42. The molecule has 0 bridgehead atoms. The molecule has 1 aromatic heterocycles. The first kappa shape index (κ1) is 17.7. The molecule has 0 spiro atoms. The number of hydrogen-bond acceptors (Lipinski definition) is 6. The predicted molar refractivity (Wildman–Crippen MR) is 105 cm³/mol. The second-order valence-electron chi connectivity index (χ2n) is 7.68. The largest absolute Gasteiger partial charge is 0.485 e. The van der Waals surface area contributed by atoms with Gasteiger partial charge in [-0.1, -0.05) is 18.0 Å². The summed E-state index contributed by atoms with van der Waals surface area (Å²) in [5.41, 5.74) is 3.58. The lowest BCUT2D eigenvalue weighted by Crippen LogP contribution is -2.45. The van der Waals surface area contributed by atoms with E-state index in [0.29, 0.717) is 5.92 Å². The molecule has 0 aromatic carbocycles. The average Bonchev–Trinajstić information content (AvgIpc) is 3.04. The molecule has 0 radical (unpaired) electrons. The number of ether oxygens (including phenoxy) is 1. The SMILES string of the molecule is CSN1CC=C(c2cc3c(cn2)OC(C)(C2CCN(C#N)CC2)C3)CC1. The van der Waals surface area contributed by atoms with Crippen LogP contribution in [0.3, 0.4) is 0 Å². The van der Waals surface area contributed by atoms with Crippen molar-refractivity contribution in [3.63, 3.8) is 0 Å². The summed E-state index contributed by atoms with van der Waals surface area (Å²) in [6.45, 7) is 5.99. The molecule has 5 nitrogen and oxygen atoms in total. The number of likely N-dealkylation sites (tertiary alicyclic amines) is 1. The highest BCUT2D eigenvalue weighted by molar-refractivity contribution is 7.96. The molecule has 3 aliphatic rings. The van der Waals surface area contributed by atoms with Gasteiger partial charge in [0, 0.05) is 44.1 Å². The van der Waals surface area contributed by atoms with Gasteiger partial charge >= 0.3 is 0 Å². The number of nitrogens with zero attached hydrogens (tertiary/aromatic N) is 4. The summed E-state index contributed by atoms with van der Waals surface area (Å²) in [5, 5.41) is 9.06. The zero-order valence-corrected chi connectivity index (χ0v) is 16.4. The van der Waals surface area contributed by atoms with Crippen molar-refractivity contribution >= 4 is 17.5 Å². The Morgan fingerprint density at radius 1 is 1.35 bits per heavy atom. The first-order valence-electron chi connectivity index (χ1n) is 9.42. The third kappa shape index (κ3) is 3.30. The van der Waals surface area contributed by atoms with Crippen molar-refractivity contribution in [1.29, 1.82) is 5.26 Å². The minimum absolute atomic E-state index is 0.166. The summed E-state index contributed by atoms with van der Waals surface area (Å²) < 4.78 is 8.75. The Hall–Kier alpha value is -1.71. The van der Waals surface area contributed by atoms with Crippen molar-refractivity contribution in [1.82, 2.24) is 14.2 Å². The van der Waals surface area contributed by atoms with Crippen molar-refractivity contribution in [3.8, 4) is 11.9 Å². The molecule has 0 amide bonds. The Morgan fingerprint density at radius 3 is 2.81 bits per heavy atom. The van der Waals surface area contributed by atoms with Gasteiger partial charge in [-0.25, -0.2) is 4.31 Å². The van der Waals surface area contributed by atoms with Crippen LogP contribution in [0.5, 0.6) is 5.75 Å². The van der Waals surface area contributed by atoms with Crippen LogP contribution in [0, 0.1) is 17.4 Å². The fourth-order valence-corrected chi connectivity index (χ4v) is 4.92. The lowest BCUT2D eigenvalue weighted by molar-refractivity contribution is 0.0194. The van der Waals surface area contributed by atoms with Gasteiger partial charge in [-0.15, -0.1) is 0 Å². The first-order chi connectivity index (χ1) is 12.6. The average molecular weight is 371 g/mol. The summed E-state index contributed by atoms with van der Waals surface area (Å²) in [5.74, 6) is 1.44. The third-order valence-corrected chi connectivity index (χ3v) is 6.94. The van der Waals surface area contributed by atoms with Crippen molar-refractivity contribution in [3.05, 3.63) is 29.6 Å². The van der Waals surface area contributed by atoms with Gasteiger partial charge in [-0.05, 0) is 44.1 Å². The molecule has 1 saturated heterocycles. The molecule has 0 aliphatic carbocycles. The van der Waals surface area contributed by atoms with E-state index >= 15 is 0 Å². The number of fused-ring (bicyclic) bond motifs is 1. The summed E-state index contributed by atoms with van der Waals surface area (Å²) in [4.78, 5) is 6.55. The van der Waals surface area contributed by atoms with Crippen LogP contribution in [-0.2, 0) is 6.42 Å². The quantitative estimate of drug-likeness (QED) is 0.601. The normalized spacial score (nSPS) is 26.8. The van der Waals surface area contributed by atoms with Gasteiger partial charge in [0.1, 0.15) is 11.4 Å². The minimum Gasteiger partial charge on any atom is -0.485 e. The Bertz CT molecular complexity index is 751. The summed E-state index contributed by atoms with van der Waals surface area (Å²) in [7, 11) is 0. The molecule has 1 fully saturated rings. The highest BCUT2D eigenvalue weighted by Gasteiger charge is 2.43. The number of hydrogen-bond donors (Lipinski definition) is 0. The van der Waals surface area contributed by atoms with Crippen LogP contribution in [-0.4, -0.2) is 52.2 Å². The zero-order chi connectivity index (χ0) is 18.1. The van der Waals surface area contributed by atoms with E-state index in [4.69, 9.17) is 15.0 Å². The molecular weight excluding hydrogens is 344 g/mol. The molecule has 1 unspecified atom stereocenters. The lowest BCUT2D eigenvalue weighted by atomic mass is 9.79. The number of pyridine rings is 1. The van der Waals surface area contributed by atoms with Gasteiger partial charge in [0.25, 0.3) is 0 Å². The number of rotatable bonds is 3. The summed E-state index contributed by atoms with van der Waals surface area (Å²) in [6.07, 6.45) is 12.7. The van der Waals surface area contributed by atoms with Crippen LogP contribution in [0.2, 0.25) is 0 Å². The zero-order valence-electron chi connectivity index (χ0n) is 15.6. The fraction of sp³-hybridized carbons (Fsp3) is 0.600. The third-order valence-electron chi connectivity index (χ3n) is 6.09. The van der Waals surface area contributed by atoms with Crippen molar-refractivity contribution in [2.24, 2.45) is 5.92 Å². The Kier molecular flexibility index (Phi) is 4.85. The number of nitriles is 1. The van der Waals surface area contributed by atoms with E-state index in [1.165, 1.54) is 11.1 Å². The van der Waals surface area contributed by atoms with E-state index in [1.807, 2.05) is 11.1 Å². The van der Waals surface area contributed by atoms with Crippen LogP contribution in [0.15, 0.2) is 18.3 Å². The molecular formula is C20H26N4OS. The van der Waals surface area contributed by atoms with Crippen molar-refractivity contribution in [2.75, 3.05) is 32.4 Å². The Balaban J connectivity index is 1.48. The van der Waals surface area contributed by atoms with E-state index in [9.17, 15) is 0 Å². The highest BCUT2D eigenvalue weighted by atomic mass is 32.2. The molecule has 1 aromatic rings. The standard InChI is InChI=1S/C20H26N4OS/c1-20(17-5-7-23(14-21)8-6-17)12-16-11-18(22-13-19(16)25-20)15-3-9-24(26-2)10-4-15/h3,11,13,17H,4-10,12H2,1-2H3. The number of aromatic nitrogens is 1. The van der Waals surface area contributed by atoms with Gasteiger partial charge in [0.2, 0.25) is 0 Å². The monoisotopic (exact) mass is 370 g/mol. The van der Waals surface area contributed by atoms with E-state index in [1.54, 1.807) is 11.9 Å². The maximum atomic E-state index is 9.06. The van der Waals surface area contributed by atoms with E-state index < -0.39 is 0 Å². The molecule has 138 valence electrons. The Labute approximate surface area is 160 Å². The van der Waals surface area contributed by atoms with Gasteiger partial charge < -0.3 is 9.64 Å². The van der Waals surface area contributed by atoms with Gasteiger partial charge in [0.05, 0.1) is 11.9 Å². The second kappa shape index (κ2) is 7.13. The highest BCUT2D eigenvalue weighted by Crippen LogP contribution is 2.43. The molecule has 4 heterocycles. The maximum Gasteiger partial charge on any atom is 0.179 e. The molecule has 26 heavy (non-hydrogen) atoms. The molecule has 1 atom stereocenters. The summed E-state index contributed by atoms with van der Waals surface area (Å²) >= 11 is 1.81. The Morgan fingerprint density at radius 2 is 2.15 bits per heavy atom. The molecule has 0 saturated carbocycles. The van der Waals surface area contributed by atoms with E-state index in [0.717, 1.165) is 63.3 Å². The van der Waals surface area contributed by atoms with Crippen LogP contribution in [0.4, 0.5) is 0 Å². The minimum atomic E-state index is -0.166. The smallest absolute Gasteiger partial charge is 0.179 e. The molecule has 6 heteroatoms. The second-order valence-corrected chi connectivity index (χ2v) is 8.56. The van der Waals surface area contributed by atoms with Crippen LogP contribution in [0.1, 0.15) is 37.4 Å². The maximum absolute atomic E-state index is 9.06.